The van der Waals surface area contributed by atoms with Crippen LogP contribution in [0, 0.1) is 0 Å². The Labute approximate surface area is 141 Å². The molecule has 0 aliphatic carbocycles. The Bertz CT molecular complexity index is 739. The highest BCUT2D eigenvalue weighted by atomic mass is 19.4. The van der Waals surface area contributed by atoms with Gasteiger partial charge in [0.05, 0.1) is 17.7 Å². The molecule has 134 valence electrons. The molecule has 1 saturated heterocycles. The first kappa shape index (κ1) is 17.4. The number of benzene rings is 1. The van der Waals surface area contributed by atoms with Crippen LogP contribution in [0.3, 0.4) is 0 Å². The zero-order valence-corrected chi connectivity index (χ0v) is 13.2. The van der Waals surface area contributed by atoms with Gasteiger partial charge in [0.2, 0.25) is 5.89 Å². The van der Waals surface area contributed by atoms with Gasteiger partial charge in [0.1, 0.15) is 0 Å². The predicted octanol–water partition coefficient (Wildman–Crippen LogP) is 2.91. The molecule has 0 atom stereocenters. The Hall–Kier alpha value is -2.42. The monoisotopic (exact) mass is 355 g/mol. The molecule has 2 heterocycles. The molecular weight excluding hydrogens is 339 g/mol. The summed E-state index contributed by atoms with van der Waals surface area (Å²) in [6.45, 7) is 1.11. The number of nitrogens with zero attached hydrogens (tertiary/aromatic N) is 2. The topological polar surface area (TPSA) is 77.2 Å². The Morgan fingerprint density at radius 3 is 2.68 bits per heavy atom. The van der Waals surface area contributed by atoms with Gasteiger partial charge < -0.3 is 14.6 Å². The van der Waals surface area contributed by atoms with Crippen LogP contribution in [0.1, 0.15) is 46.4 Å². The van der Waals surface area contributed by atoms with Gasteiger partial charge in [0.25, 0.3) is 5.91 Å². The summed E-state index contributed by atoms with van der Waals surface area (Å²) in [5.74, 6) is -0.0331. The third-order valence-corrected chi connectivity index (χ3v) is 3.95. The zero-order chi connectivity index (χ0) is 17.9. The molecule has 0 bridgehead atoms. The number of ether oxygens (including phenoxy) is 1. The van der Waals surface area contributed by atoms with E-state index >= 15 is 0 Å². The summed E-state index contributed by atoms with van der Waals surface area (Å²) in [7, 11) is 0. The first-order valence-electron chi connectivity index (χ1n) is 7.80. The van der Waals surface area contributed by atoms with Gasteiger partial charge in [-0.25, -0.2) is 0 Å². The van der Waals surface area contributed by atoms with E-state index in [-0.39, 0.29) is 18.4 Å². The number of carbonyl (C=O) groups excluding carboxylic acids is 1. The quantitative estimate of drug-likeness (QED) is 0.912. The van der Waals surface area contributed by atoms with E-state index in [1.165, 1.54) is 12.1 Å². The number of rotatable bonds is 4. The van der Waals surface area contributed by atoms with Crippen molar-refractivity contribution in [3.8, 4) is 0 Å². The molecule has 2 aromatic rings. The fourth-order valence-electron chi connectivity index (χ4n) is 2.64. The molecule has 1 aromatic carbocycles. The molecule has 1 aromatic heterocycles. The van der Waals surface area contributed by atoms with Gasteiger partial charge >= 0.3 is 6.18 Å². The maximum absolute atomic E-state index is 13.0. The van der Waals surface area contributed by atoms with Crippen molar-refractivity contribution < 1.29 is 27.2 Å². The van der Waals surface area contributed by atoms with E-state index in [1.807, 2.05) is 0 Å². The Kier molecular flexibility index (Phi) is 5.03. The minimum atomic E-state index is -4.60. The molecule has 1 aliphatic heterocycles. The minimum absolute atomic E-state index is 0.132. The van der Waals surface area contributed by atoms with Crippen LogP contribution < -0.4 is 5.32 Å². The van der Waals surface area contributed by atoms with Gasteiger partial charge in [-0.3, -0.25) is 4.79 Å². The summed E-state index contributed by atoms with van der Waals surface area (Å²) in [6, 6.07) is 4.60. The third kappa shape index (κ3) is 4.16. The molecule has 0 saturated carbocycles. The Morgan fingerprint density at radius 2 is 1.96 bits per heavy atom. The number of nitrogens with one attached hydrogen (secondary N) is 1. The van der Waals surface area contributed by atoms with Crippen LogP contribution in [0.2, 0.25) is 0 Å². The summed E-state index contributed by atoms with van der Waals surface area (Å²) < 4.78 is 49.2. The van der Waals surface area contributed by atoms with Gasteiger partial charge in [-0.2, -0.15) is 18.2 Å². The van der Waals surface area contributed by atoms with Crippen LogP contribution in [0.15, 0.2) is 28.8 Å². The lowest BCUT2D eigenvalue weighted by atomic mass is 10.00. The number of halogens is 3. The molecule has 0 radical (unpaired) electrons. The summed E-state index contributed by atoms with van der Waals surface area (Å²) in [5.41, 5.74) is -1.43. The van der Waals surface area contributed by atoms with Gasteiger partial charge in [-0.05, 0) is 25.0 Å². The van der Waals surface area contributed by atoms with Crippen LogP contribution in [0.5, 0.6) is 0 Å². The second-order valence-electron chi connectivity index (χ2n) is 5.66. The van der Waals surface area contributed by atoms with Crippen molar-refractivity contribution in [2.75, 3.05) is 13.2 Å². The van der Waals surface area contributed by atoms with Crippen molar-refractivity contribution in [2.45, 2.75) is 31.5 Å². The normalized spacial score (nSPS) is 16.0. The predicted molar refractivity (Wildman–Crippen MR) is 79.7 cm³/mol. The van der Waals surface area contributed by atoms with Crippen molar-refractivity contribution in [1.29, 1.82) is 0 Å². The van der Waals surface area contributed by atoms with E-state index in [0.717, 1.165) is 25.0 Å². The Balaban J connectivity index is 1.64. The fourth-order valence-corrected chi connectivity index (χ4v) is 2.64. The molecule has 25 heavy (non-hydrogen) atoms. The van der Waals surface area contributed by atoms with E-state index < -0.39 is 23.2 Å². The molecule has 1 amide bonds. The average Bonchev–Trinajstić information content (AvgIpc) is 3.09. The van der Waals surface area contributed by atoms with E-state index in [1.54, 1.807) is 0 Å². The lowest BCUT2D eigenvalue weighted by molar-refractivity contribution is -0.137. The number of amides is 1. The van der Waals surface area contributed by atoms with E-state index in [9.17, 15) is 18.0 Å². The van der Waals surface area contributed by atoms with Crippen LogP contribution in [-0.2, 0) is 17.5 Å². The van der Waals surface area contributed by atoms with Crippen molar-refractivity contribution in [1.82, 2.24) is 15.5 Å². The zero-order valence-electron chi connectivity index (χ0n) is 13.2. The van der Waals surface area contributed by atoms with E-state index in [0.29, 0.717) is 19.0 Å². The molecule has 1 fully saturated rings. The highest BCUT2D eigenvalue weighted by Gasteiger charge is 2.34. The number of carbonyl (C=O) groups is 1. The van der Waals surface area contributed by atoms with Crippen molar-refractivity contribution in [3.05, 3.63) is 47.1 Å². The number of aromatic nitrogens is 2. The second-order valence-corrected chi connectivity index (χ2v) is 5.66. The SMILES string of the molecule is O=C(NCc1nc(C2CCOCC2)no1)c1ccccc1C(F)(F)F. The van der Waals surface area contributed by atoms with Crippen LogP contribution in [-0.4, -0.2) is 29.3 Å². The second kappa shape index (κ2) is 7.22. The van der Waals surface area contributed by atoms with E-state index in [4.69, 9.17) is 9.26 Å². The largest absolute Gasteiger partial charge is 0.417 e. The molecule has 1 N–H and O–H groups in total. The summed E-state index contributed by atoms with van der Waals surface area (Å²) in [6.07, 6.45) is -3.04. The fraction of sp³-hybridized carbons (Fsp3) is 0.438. The average molecular weight is 355 g/mol. The maximum Gasteiger partial charge on any atom is 0.417 e. The standard InChI is InChI=1S/C16H16F3N3O3/c17-16(18,19)12-4-2-1-3-11(12)15(23)20-9-13-21-14(22-25-13)10-5-7-24-8-6-10/h1-4,10H,5-9H2,(H,20,23). The van der Waals surface area contributed by atoms with Gasteiger partial charge in [0, 0.05) is 19.1 Å². The number of alkyl halides is 3. The summed E-state index contributed by atoms with van der Waals surface area (Å²) in [5, 5.41) is 6.26. The lowest BCUT2D eigenvalue weighted by Crippen LogP contribution is -2.26. The highest BCUT2D eigenvalue weighted by molar-refractivity contribution is 5.95. The van der Waals surface area contributed by atoms with Gasteiger partial charge in [-0.15, -0.1) is 0 Å². The third-order valence-electron chi connectivity index (χ3n) is 3.95. The first-order valence-corrected chi connectivity index (χ1v) is 7.80. The summed E-state index contributed by atoms with van der Waals surface area (Å²) >= 11 is 0. The number of hydrogen-bond donors (Lipinski definition) is 1. The van der Waals surface area contributed by atoms with Crippen LogP contribution >= 0.6 is 0 Å². The number of hydrogen-bond acceptors (Lipinski definition) is 5. The van der Waals surface area contributed by atoms with E-state index in [2.05, 4.69) is 15.5 Å². The van der Waals surface area contributed by atoms with Gasteiger partial charge in [0.15, 0.2) is 5.82 Å². The maximum atomic E-state index is 13.0. The van der Waals surface area contributed by atoms with Crippen molar-refractivity contribution in [2.24, 2.45) is 0 Å². The molecule has 0 unspecified atom stereocenters. The Morgan fingerprint density at radius 1 is 1.24 bits per heavy atom. The molecular formula is C16H16F3N3O3. The smallest absolute Gasteiger partial charge is 0.381 e. The molecule has 9 heteroatoms. The van der Waals surface area contributed by atoms with Crippen molar-refractivity contribution in [3.63, 3.8) is 0 Å². The highest BCUT2D eigenvalue weighted by Crippen LogP contribution is 2.31. The molecule has 3 rings (SSSR count). The van der Waals surface area contributed by atoms with Crippen molar-refractivity contribution >= 4 is 5.91 Å². The molecule has 0 spiro atoms. The van der Waals surface area contributed by atoms with Gasteiger partial charge in [-0.1, -0.05) is 17.3 Å². The minimum Gasteiger partial charge on any atom is -0.381 e. The molecule has 1 aliphatic rings. The van der Waals surface area contributed by atoms with Crippen LogP contribution in [0.4, 0.5) is 13.2 Å². The lowest BCUT2D eigenvalue weighted by Gasteiger charge is -2.18. The first-order chi connectivity index (χ1) is 11.9. The summed E-state index contributed by atoms with van der Waals surface area (Å²) in [4.78, 5) is 16.3. The molecule has 6 nitrogen and oxygen atoms in total. The van der Waals surface area contributed by atoms with Crippen LogP contribution in [0.25, 0.3) is 0 Å².